The minimum Gasteiger partial charge on any atom is -0.355 e. The van der Waals surface area contributed by atoms with Crippen LogP contribution in [0.3, 0.4) is 0 Å². The maximum absolute atomic E-state index is 13.9. The molecule has 1 saturated carbocycles. The van der Waals surface area contributed by atoms with Crippen molar-refractivity contribution in [1.29, 1.82) is 0 Å². The summed E-state index contributed by atoms with van der Waals surface area (Å²) in [5, 5.41) is 6.25. The first kappa shape index (κ1) is 29.5. The van der Waals surface area contributed by atoms with Crippen LogP contribution >= 0.6 is 0 Å². The van der Waals surface area contributed by atoms with E-state index in [4.69, 9.17) is 9.97 Å². The number of rotatable bonds is 7. The lowest BCUT2D eigenvalue weighted by molar-refractivity contribution is -0.123. The fraction of sp³-hybridized carbons (Fsp3) is 0.444. The number of aryl methyl sites for hydroxylation is 1. The number of hydrogen-bond donors (Lipinski definition) is 2. The van der Waals surface area contributed by atoms with Gasteiger partial charge in [0.25, 0.3) is 5.91 Å². The second-order valence-corrected chi connectivity index (χ2v) is 13.8. The molecular weight excluding hydrogens is 562 g/mol. The minimum atomic E-state index is -0.569. The third-order valence-corrected chi connectivity index (χ3v) is 10.2. The molecule has 2 N–H and O–H groups in total. The average molecular weight is 606 g/mol. The van der Waals surface area contributed by atoms with E-state index < -0.39 is 5.41 Å². The third kappa shape index (κ3) is 4.88. The van der Waals surface area contributed by atoms with E-state index in [1.54, 1.807) is 7.05 Å². The molecule has 9 nitrogen and oxygen atoms in total. The van der Waals surface area contributed by atoms with Crippen molar-refractivity contribution in [1.82, 2.24) is 24.8 Å². The van der Waals surface area contributed by atoms with Crippen molar-refractivity contribution in [2.24, 2.45) is 0 Å². The van der Waals surface area contributed by atoms with Gasteiger partial charge < -0.3 is 25.0 Å². The summed E-state index contributed by atoms with van der Waals surface area (Å²) in [6, 6.07) is 15.1. The van der Waals surface area contributed by atoms with Crippen LogP contribution in [0.2, 0.25) is 0 Å². The van der Waals surface area contributed by atoms with Crippen LogP contribution in [0.25, 0.3) is 22.3 Å². The lowest BCUT2D eigenvalue weighted by atomic mass is 9.83. The number of nitrogens with zero attached hydrogens (tertiary/aromatic N) is 5. The number of hydrogen-bond acceptors (Lipinski definition) is 6. The predicted molar refractivity (Wildman–Crippen MR) is 179 cm³/mol. The molecule has 7 rings (SSSR count). The van der Waals surface area contributed by atoms with Gasteiger partial charge in [0.2, 0.25) is 5.91 Å². The van der Waals surface area contributed by atoms with E-state index in [-0.39, 0.29) is 23.9 Å². The van der Waals surface area contributed by atoms with Crippen LogP contribution in [0.15, 0.2) is 48.8 Å². The van der Waals surface area contributed by atoms with Crippen molar-refractivity contribution in [3.8, 4) is 11.3 Å². The number of likely N-dealkylation sites (tertiary alicyclic amines) is 1. The highest BCUT2D eigenvalue weighted by atomic mass is 16.2. The summed E-state index contributed by atoms with van der Waals surface area (Å²) in [5.41, 5.74) is 7.25. The normalized spacial score (nSPS) is 21.0. The topological polar surface area (TPSA) is 95.4 Å². The molecule has 0 spiro atoms. The van der Waals surface area contributed by atoms with E-state index in [0.29, 0.717) is 17.4 Å². The number of fused-ring (bicyclic) bond motifs is 2. The van der Waals surface area contributed by atoms with Gasteiger partial charge in [0.15, 0.2) is 5.82 Å². The molecule has 0 atom stereocenters. The van der Waals surface area contributed by atoms with Crippen LogP contribution in [0, 0.1) is 6.92 Å². The summed E-state index contributed by atoms with van der Waals surface area (Å²) in [5.74, 6) is 0.725. The van der Waals surface area contributed by atoms with Gasteiger partial charge in [0, 0.05) is 47.7 Å². The van der Waals surface area contributed by atoms with Crippen molar-refractivity contribution >= 4 is 40.0 Å². The molecule has 1 aliphatic carbocycles. The molecule has 0 radical (unpaired) electrons. The minimum absolute atomic E-state index is 0.131. The molecule has 2 aromatic heterocycles. The summed E-state index contributed by atoms with van der Waals surface area (Å²) < 4.78 is 2.11. The second kappa shape index (κ2) is 11.0. The smallest absolute Gasteiger partial charge is 0.251 e. The Kier molecular flexibility index (Phi) is 7.19. The van der Waals surface area contributed by atoms with Gasteiger partial charge in [-0.05, 0) is 109 Å². The predicted octanol–water partition coefficient (Wildman–Crippen LogP) is 6.34. The van der Waals surface area contributed by atoms with Gasteiger partial charge in [-0.25, -0.2) is 9.97 Å². The first-order chi connectivity index (χ1) is 21.6. The van der Waals surface area contributed by atoms with E-state index in [1.807, 2.05) is 51.4 Å². The Bertz CT molecular complexity index is 1810. The van der Waals surface area contributed by atoms with E-state index in [1.165, 1.54) is 25.9 Å². The third-order valence-electron chi connectivity index (χ3n) is 10.2. The molecule has 3 aliphatic rings. The van der Waals surface area contributed by atoms with Crippen molar-refractivity contribution < 1.29 is 9.59 Å². The van der Waals surface area contributed by atoms with Gasteiger partial charge in [-0.2, -0.15) is 0 Å². The summed E-state index contributed by atoms with van der Waals surface area (Å²) in [6.45, 7) is 12.6. The fourth-order valence-corrected chi connectivity index (χ4v) is 7.38. The molecule has 234 valence electrons. The quantitative estimate of drug-likeness (QED) is 0.255. The fourth-order valence-electron chi connectivity index (χ4n) is 7.38. The summed E-state index contributed by atoms with van der Waals surface area (Å²) in [6.07, 6.45) is 6.49. The summed E-state index contributed by atoms with van der Waals surface area (Å²) in [7, 11) is 1.64. The Morgan fingerprint density at radius 3 is 2.49 bits per heavy atom. The van der Waals surface area contributed by atoms with Crippen molar-refractivity contribution in [3.05, 3.63) is 65.5 Å². The monoisotopic (exact) mass is 605 g/mol. The highest BCUT2D eigenvalue weighted by molar-refractivity contribution is 6.09. The zero-order valence-corrected chi connectivity index (χ0v) is 27.1. The molecule has 2 aromatic carbocycles. The zero-order valence-electron chi connectivity index (χ0n) is 27.1. The Hall–Kier alpha value is -4.24. The van der Waals surface area contributed by atoms with E-state index >= 15 is 0 Å². The van der Waals surface area contributed by atoms with Gasteiger partial charge in [-0.3, -0.25) is 9.59 Å². The van der Waals surface area contributed by atoms with E-state index in [9.17, 15) is 9.59 Å². The van der Waals surface area contributed by atoms with Crippen LogP contribution in [0.1, 0.15) is 80.9 Å². The van der Waals surface area contributed by atoms with Crippen molar-refractivity contribution in [2.75, 3.05) is 30.4 Å². The number of carbonyl (C=O) groups excluding carboxylic acids is 2. The molecular formula is C36H43N7O2. The summed E-state index contributed by atoms with van der Waals surface area (Å²) >= 11 is 0. The molecule has 9 heteroatoms. The number of aromatic nitrogens is 3. The molecule has 4 aromatic rings. The first-order valence-electron chi connectivity index (χ1n) is 16.3. The van der Waals surface area contributed by atoms with Crippen LogP contribution in [0.4, 0.5) is 17.2 Å². The van der Waals surface area contributed by atoms with Crippen LogP contribution in [-0.2, 0) is 10.2 Å². The van der Waals surface area contributed by atoms with E-state index in [0.717, 1.165) is 57.6 Å². The number of anilines is 3. The number of nitrogens with one attached hydrogen (secondary N) is 2. The van der Waals surface area contributed by atoms with Gasteiger partial charge in [-0.1, -0.05) is 18.2 Å². The van der Waals surface area contributed by atoms with Crippen molar-refractivity contribution in [3.63, 3.8) is 0 Å². The lowest BCUT2D eigenvalue weighted by Crippen LogP contribution is -2.55. The maximum atomic E-state index is 13.9. The Morgan fingerprint density at radius 1 is 1.02 bits per heavy atom. The SMILES string of the molecule is CNC(=O)c1cc(Nc2nc(-c3ccc4c(c3)N([C@H]3C[C@@H](N5CCCC5)C3)C(=O)C4(C)C)cc3ncn(C(C)C)c23)ccc1C. The molecule has 2 fully saturated rings. The maximum Gasteiger partial charge on any atom is 0.251 e. The second-order valence-electron chi connectivity index (χ2n) is 13.8. The molecule has 4 heterocycles. The zero-order chi connectivity index (χ0) is 31.6. The standard InChI is InChI=1S/C36H43N7O2/c1-21(2)42-20-38-30-19-29(40-33(32(30)42)39-24-11-9-22(3)27(16-24)34(44)37-6)23-10-12-28-31(15-23)43(35(45)36(28,4)5)26-17-25(18-26)41-13-7-8-14-41/h9-12,15-16,19-21,25-26H,7-8,13-14,17-18H2,1-6H3,(H,37,44)(H,39,40)/t25-,26+. The highest BCUT2D eigenvalue weighted by Crippen LogP contribution is 2.48. The number of benzene rings is 2. The molecule has 45 heavy (non-hydrogen) atoms. The molecule has 2 amide bonds. The number of amides is 2. The Labute approximate surface area is 265 Å². The number of pyridine rings is 1. The van der Waals surface area contributed by atoms with Crippen molar-refractivity contribution in [2.45, 2.75) is 83.8 Å². The lowest BCUT2D eigenvalue weighted by Gasteiger charge is -2.45. The highest BCUT2D eigenvalue weighted by Gasteiger charge is 2.50. The molecule has 0 unspecified atom stereocenters. The van der Waals surface area contributed by atoms with Gasteiger partial charge in [0.05, 0.1) is 23.0 Å². The Balaban J connectivity index is 1.28. The Morgan fingerprint density at radius 2 is 1.78 bits per heavy atom. The molecule has 2 aliphatic heterocycles. The van der Waals surface area contributed by atoms with Crippen LogP contribution in [-0.4, -0.2) is 63.5 Å². The summed E-state index contributed by atoms with van der Waals surface area (Å²) in [4.78, 5) is 41.0. The largest absolute Gasteiger partial charge is 0.355 e. The average Bonchev–Trinajstić information content (AvgIpc) is 3.72. The number of carbonyl (C=O) groups is 2. The molecule has 1 saturated heterocycles. The van der Waals surface area contributed by atoms with Gasteiger partial charge in [-0.15, -0.1) is 0 Å². The van der Waals surface area contributed by atoms with E-state index in [2.05, 4.69) is 57.0 Å². The van der Waals surface area contributed by atoms with Crippen LogP contribution in [0.5, 0.6) is 0 Å². The number of imidazole rings is 1. The van der Waals surface area contributed by atoms with Gasteiger partial charge in [0.1, 0.15) is 5.52 Å². The first-order valence-corrected chi connectivity index (χ1v) is 16.3. The van der Waals surface area contributed by atoms with Crippen LogP contribution < -0.4 is 15.5 Å². The van der Waals surface area contributed by atoms with Gasteiger partial charge >= 0.3 is 0 Å². The molecule has 0 bridgehead atoms.